The van der Waals surface area contributed by atoms with Gasteiger partial charge in [0.1, 0.15) is 10.8 Å². The van der Waals surface area contributed by atoms with Crippen LogP contribution in [0.4, 0.5) is 10.5 Å². The van der Waals surface area contributed by atoms with Gasteiger partial charge in [0.15, 0.2) is 0 Å². The number of hydrogen-bond acceptors (Lipinski definition) is 5. The van der Waals surface area contributed by atoms with Crippen molar-refractivity contribution < 1.29 is 14.5 Å². The molecule has 120 valence electrons. The summed E-state index contributed by atoms with van der Waals surface area (Å²) in [4.78, 5) is 28.0. The Hall–Kier alpha value is -1.89. The van der Waals surface area contributed by atoms with Crippen molar-refractivity contribution >= 4 is 23.4 Å². The first-order chi connectivity index (χ1) is 10.5. The molecule has 0 bridgehead atoms. The number of amides is 1. The number of ether oxygens (including phenoxy) is 1. The van der Waals surface area contributed by atoms with Gasteiger partial charge >= 0.3 is 6.09 Å². The van der Waals surface area contributed by atoms with Crippen molar-refractivity contribution in [2.24, 2.45) is 5.92 Å². The van der Waals surface area contributed by atoms with E-state index in [2.05, 4.69) is 4.98 Å². The Kier molecular flexibility index (Phi) is 5.54. The van der Waals surface area contributed by atoms with Crippen LogP contribution >= 0.6 is 11.6 Å². The van der Waals surface area contributed by atoms with Gasteiger partial charge in [-0.15, -0.1) is 0 Å². The standard InChI is InChI=1S/C14H18ClN3O4/c1-2-22-14(19)17-7-5-10(6-8-17)9-11-12(18(20)21)3-4-13(15)16-11/h3-4,10H,2,5-9H2,1H3. The molecule has 0 aliphatic carbocycles. The van der Waals surface area contributed by atoms with E-state index in [-0.39, 0.29) is 22.9 Å². The largest absolute Gasteiger partial charge is 0.450 e. The number of halogens is 1. The summed E-state index contributed by atoms with van der Waals surface area (Å²) in [7, 11) is 0. The number of carbonyl (C=O) groups is 1. The third-order valence-electron chi connectivity index (χ3n) is 3.74. The molecule has 0 spiro atoms. The number of nitro groups is 1. The maximum atomic E-state index is 11.6. The van der Waals surface area contributed by atoms with Crippen molar-refractivity contribution in [1.29, 1.82) is 0 Å². The average molecular weight is 328 g/mol. The first-order valence-corrected chi connectivity index (χ1v) is 7.60. The fraction of sp³-hybridized carbons (Fsp3) is 0.571. The van der Waals surface area contributed by atoms with Crippen LogP contribution < -0.4 is 0 Å². The van der Waals surface area contributed by atoms with Crippen LogP contribution in [-0.2, 0) is 11.2 Å². The van der Waals surface area contributed by atoms with Gasteiger partial charge in [0.25, 0.3) is 5.69 Å². The molecule has 0 aromatic carbocycles. The highest BCUT2D eigenvalue weighted by Gasteiger charge is 2.26. The van der Waals surface area contributed by atoms with Crippen LogP contribution in [0, 0.1) is 16.0 Å². The molecule has 0 atom stereocenters. The maximum absolute atomic E-state index is 11.6. The molecule has 1 aromatic rings. The summed E-state index contributed by atoms with van der Waals surface area (Å²) < 4.78 is 4.97. The number of hydrogen-bond donors (Lipinski definition) is 0. The Bertz CT molecular complexity index is 559. The second-order valence-corrected chi connectivity index (χ2v) is 5.58. The maximum Gasteiger partial charge on any atom is 0.409 e. The van der Waals surface area contributed by atoms with Crippen molar-refractivity contribution in [2.75, 3.05) is 19.7 Å². The Balaban J connectivity index is 1.98. The van der Waals surface area contributed by atoms with Crippen molar-refractivity contribution in [2.45, 2.75) is 26.2 Å². The number of likely N-dealkylation sites (tertiary alicyclic amines) is 1. The third-order valence-corrected chi connectivity index (χ3v) is 3.95. The zero-order chi connectivity index (χ0) is 16.1. The van der Waals surface area contributed by atoms with Crippen molar-refractivity contribution in [3.63, 3.8) is 0 Å². The van der Waals surface area contributed by atoms with Crippen molar-refractivity contribution in [3.8, 4) is 0 Å². The Morgan fingerprint density at radius 1 is 1.50 bits per heavy atom. The molecule has 1 aliphatic rings. The SMILES string of the molecule is CCOC(=O)N1CCC(Cc2nc(Cl)ccc2[N+](=O)[O-])CC1. The number of pyridine rings is 1. The van der Waals surface area contributed by atoms with Crippen LogP contribution in [0.2, 0.25) is 5.15 Å². The van der Waals surface area contributed by atoms with Gasteiger partial charge in [-0.25, -0.2) is 9.78 Å². The molecule has 1 fully saturated rings. The molecule has 22 heavy (non-hydrogen) atoms. The van der Waals surface area contributed by atoms with Crippen LogP contribution in [0.3, 0.4) is 0 Å². The first kappa shape index (κ1) is 16.5. The van der Waals surface area contributed by atoms with Crippen LogP contribution in [-0.4, -0.2) is 40.6 Å². The topological polar surface area (TPSA) is 85.6 Å². The van der Waals surface area contributed by atoms with E-state index in [0.717, 1.165) is 12.8 Å². The minimum absolute atomic E-state index is 0.00257. The van der Waals surface area contributed by atoms with Crippen molar-refractivity contribution in [1.82, 2.24) is 9.88 Å². The number of piperidine rings is 1. The predicted octanol–water partition coefficient (Wildman–Crippen LogP) is 3.05. The van der Waals surface area contributed by atoms with Gasteiger partial charge in [0, 0.05) is 19.2 Å². The van der Waals surface area contributed by atoms with E-state index in [4.69, 9.17) is 16.3 Å². The quantitative estimate of drug-likeness (QED) is 0.482. The van der Waals surface area contributed by atoms with Gasteiger partial charge in [0.2, 0.25) is 0 Å². The predicted molar refractivity (Wildman–Crippen MR) is 80.9 cm³/mol. The van der Waals surface area contributed by atoms with Gasteiger partial charge in [0.05, 0.1) is 11.5 Å². The average Bonchev–Trinajstić information content (AvgIpc) is 2.48. The number of rotatable bonds is 4. The van der Waals surface area contributed by atoms with Gasteiger partial charge < -0.3 is 9.64 Å². The van der Waals surface area contributed by atoms with Crippen LogP contribution in [0.5, 0.6) is 0 Å². The molecular weight excluding hydrogens is 310 g/mol. The molecular formula is C14H18ClN3O4. The summed E-state index contributed by atoms with van der Waals surface area (Å²) >= 11 is 5.84. The molecule has 1 saturated heterocycles. The number of nitrogens with zero attached hydrogens (tertiary/aromatic N) is 3. The fourth-order valence-corrected chi connectivity index (χ4v) is 2.76. The lowest BCUT2D eigenvalue weighted by atomic mass is 9.91. The molecule has 0 saturated carbocycles. The minimum atomic E-state index is -0.438. The van der Waals surface area contributed by atoms with E-state index in [1.165, 1.54) is 12.1 Å². The number of carbonyl (C=O) groups excluding carboxylic acids is 1. The zero-order valence-electron chi connectivity index (χ0n) is 12.3. The highest BCUT2D eigenvalue weighted by Crippen LogP contribution is 2.27. The second kappa shape index (κ2) is 7.40. The Labute approximate surface area is 133 Å². The van der Waals surface area contributed by atoms with Gasteiger partial charge in [-0.1, -0.05) is 11.6 Å². The van der Waals surface area contributed by atoms with E-state index < -0.39 is 4.92 Å². The summed E-state index contributed by atoms with van der Waals surface area (Å²) in [5, 5.41) is 11.3. The highest BCUT2D eigenvalue weighted by atomic mass is 35.5. The van der Waals surface area contributed by atoms with Crippen LogP contribution in [0.1, 0.15) is 25.5 Å². The van der Waals surface area contributed by atoms with E-state index >= 15 is 0 Å². The summed E-state index contributed by atoms with van der Waals surface area (Å²) in [6.45, 7) is 3.32. The lowest BCUT2D eigenvalue weighted by Crippen LogP contribution is -2.39. The summed E-state index contributed by atoms with van der Waals surface area (Å²) in [5.41, 5.74) is 0.407. The zero-order valence-corrected chi connectivity index (χ0v) is 13.1. The minimum Gasteiger partial charge on any atom is -0.450 e. The molecule has 7 nitrogen and oxygen atoms in total. The molecule has 0 radical (unpaired) electrons. The van der Waals surface area contributed by atoms with Gasteiger partial charge in [-0.3, -0.25) is 10.1 Å². The van der Waals surface area contributed by atoms with Crippen molar-refractivity contribution in [3.05, 3.63) is 33.1 Å². The summed E-state index contributed by atoms with van der Waals surface area (Å²) in [6, 6.07) is 2.81. The van der Waals surface area contributed by atoms with E-state index in [1.54, 1.807) is 11.8 Å². The van der Waals surface area contributed by atoms with E-state index in [9.17, 15) is 14.9 Å². The van der Waals surface area contributed by atoms with Crippen LogP contribution in [0.15, 0.2) is 12.1 Å². The molecule has 8 heteroatoms. The third kappa shape index (κ3) is 4.07. The summed E-state index contributed by atoms with van der Waals surface area (Å²) in [6.07, 6.45) is 1.73. The first-order valence-electron chi connectivity index (χ1n) is 7.22. The molecule has 0 unspecified atom stereocenters. The molecule has 2 rings (SSSR count). The van der Waals surface area contributed by atoms with E-state index in [1.807, 2.05) is 0 Å². The highest BCUT2D eigenvalue weighted by molar-refractivity contribution is 6.29. The summed E-state index contributed by atoms with van der Waals surface area (Å²) in [5.74, 6) is 0.246. The lowest BCUT2D eigenvalue weighted by molar-refractivity contribution is -0.386. The molecule has 0 N–H and O–H groups in total. The fourth-order valence-electron chi connectivity index (χ4n) is 2.59. The second-order valence-electron chi connectivity index (χ2n) is 5.19. The molecule has 1 aliphatic heterocycles. The Morgan fingerprint density at radius 2 is 2.18 bits per heavy atom. The normalized spacial score (nSPS) is 15.6. The molecule has 2 heterocycles. The van der Waals surface area contributed by atoms with Gasteiger partial charge in [-0.05, 0) is 38.2 Å². The monoisotopic (exact) mass is 327 g/mol. The van der Waals surface area contributed by atoms with Gasteiger partial charge in [-0.2, -0.15) is 0 Å². The van der Waals surface area contributed by atoms with E-state index in [0.29, 0.717) is 31.8 Å². The molecule has 1 amide bonds. The Morgan fingerprint density at radius 3 is 2.77 bits per heavy atom. The molecule has 1 aromatic heterocycles. The lowest BCUT2D eigenvalue weighted by Gasteiger charge is -2.31. The van der Waals surface area contributed by atoms with Crippen LogP contribution in [0.25, 0.3) is 0 Å². The number of aromatic nitrogens is 1. The smallest absolute Gasteiger partial charge is 0.409 e.